The van der Waals surface area contributed by atoms with Crippen molar-refractivity contribution in [3.63, 3.8) is 0 Å². The van der Waals surface area contributed by atoms with Crippen LogP contribution in [-0.2, 0) is 6.54 Å². The number of aliphatic hydroxyl groups is 1. The van der Waals surface area contributed by atoms with Crippen molar-refractivity contribution in [2.45, 2.75) is 44.4 Å². The number of fused-ring (bicyclic) bond motifs is 1. The van der Waals surface area contributed by atoms with Gasteiger partial charge in [-0.15, -0.1) is 0 Å². The summed E-state index contributed by atoms with van der Waals surface area (Å²) in [4.78, 5) is 26.3. The van der Waals surface area contributed by atoms with Crippen LogP contribution in [0.5, 0.6) is 0 Å². The first-order valence-electron chi connectivity index (χ1n) is 11.0. The number of aromatic nitrogens is 4. The van der Waals surface area contributed by atoms with Gasteiger partial charge in [0, 0.05) is 23.2 Å². The fourth-order valence-corrected chi connectivity index (χ4v) is 3.99. The van der Waals surface area contributed by atoms with E-state index in [0.29, 0.717) is 28.7 Å². The van der Waals surface area contributed by atoms with Crippen molar-refractivity contribution in [1.29, 1.82) is 0 Å². The minimum Gasteiger partial charge on any atom is -0.393 e. The lowest BCUT2D eigenvalue weighted by Crippen LogP contribution is -2.29. The molecule has 33 heavy (non-hydrogen) atoms. The van der Waals surface area contributed by atoms with Crippen molar-refractivity contribution in [3.05, 3.63) is 66.2 Å². The number of benzene rings is 2. The molecule has 5 rings (SSSR count). The standard InChI is InChI=1S/C24H24N6O3/c31-18-11-9-17(10-12-18)27-24-26-13-16-7-4-8-19(21(16)29-24)23(32)25-14-20-28-22(30-33-20)15-5-2-1-3-6-15/h1-8,13,17-18,31H,9-12,14H2,(H,25,32)(H,26,27,29)/t17-,18-. The van der Waals surface area contributed by atoms with Crippen LogP contribution in [0.15, 0.2) is 59.3 Å². The summed E-state index contributed by atoms with van der Waals surface area (Å²) in [5.41, 5.74) is 1.86. The van der Waals surface area contributed by atoms with Crippen molar-refractivity contribution in [1.82, 2.24) is 25.4 Å². The molecule has 1 amide bonds. The third kappa shape index (κ3) is 4.83. The van der Waals surface area contributed by atoms with Gasteiger partial charge in [0.1, 0.15) is 0 Å². The van der Waals surface area contributed by atoms with Gasteiger partial charge in [-0.25, -0.2) is 9.97 Å². The fourth-order valence-electron chi connectivity index (χ4n) is 3.99. The second kappa shape index (κ2) is 9.33. The highest BCUT2D eigenvalue weighted by molar-refractivity contribution is 6.05. The molecule has 0 aliphatic heterocycles. The highest BCUT2D eigenvalue weighted by Crippen LogP contribution is 2.23. The molecule has 9 nitrogen and oxygen atoms in total. The number of hydrogen-bond donors (Lipinski definition) is 3. The lowest BCUT2D eigenvalue weighted by Gasteiger charge is -2.26. The lowest BCUT2D eigenvalue weighted by molar-refractivity contribution is 0.0947. The zero-order valence-electron chi connectivity index (χ0n) is 17.9. The van der Waals surface area contributed by atoms with Crippen molar-refractivity contribution in [3.8, 4) is 11.4 Å². The summed E-state index contributed by atoms with van der Waals surface area (Å²) in [5, 5.41) is 20.6. The second-order valence-corrected chi connectivity index (χ2v) is 8.15. The predicted octanol–water partition coefficient (Wildman–Crippen LogP) is 3.33. The third-order valence-corrected chi connectivity index (χ3v) is 5.79. The number of hydrogen-bond acceptors (Lipinski definition) is 8. The molecule has 1 aliphatic carbocycles. The molecule has 2 aromatic heterocycles. The van der Waals surface area contributed by atoms with Crippen molar-refractivity contribution < 1.29 is 14.4 Å². The van der Waals surface area contributed by atoms with E-state index in [9.17, 15) is 9.90 Å². The number of nitrogens with zero attached hydrogens (tertiary/aromatic N) is 4. The van der Waals surface area contributed by atoms with Gasteiger partial charge >= 0.3 is 0 Å². The largest absolute Gasteiger partial charge is 0.393 e. The SMILES string of the molecule is O=C(NCc1nc(-c2ccccc2)no1)c1cccc2cnc(N[C@H]3CC[C@H](O)CC3)nc12. The summed E-state index contributed by atoms with van der Waals surface area (Å²) in [6.07, 6.45) is 4.74. The summed E-state index contributed by atoms with van der Waals surface area (Å²) in [7, 11) is 0. The van der Waals surface area contributed by atoms with Crippen LogP contribution in [0.3, 0.4) is 0 Å². The number of carbonyl (C=O) groups is 1. The highest BCUT2D eigenvalue weighted by Gasteiger charge is 2.20. The maximum atomic E-state index is 12.9. The number of nitrogens with one attached hydrogen (secondary N) is 2. The molecule has 3 N–H and O–H groups in total. The van der Waals surface area contributed by atoms with Crippen LogP contribution in [-0.4, -0.2) is 43.3 Å². The van der Waals surface area contributed by atoms with Crippen LogP contribution in [0.25, 0.3) is 22.3 Å². The number of rotatable bonds is 6. The highest BCUT2D eigenvalue weighted by atomic mass is 16.5. The Hall–Kier alpha value is -3.85. The van der Waals surface area contributed by atoms with E-state index >= 15 is 0 Å². The zero-order chi connectivity index (χ0) is 22.6. The Kier molecular flexibility index (Phi) is 5.95. The van der Waals surface area contributed by atoms with Gasteiger partial charge in [-0.3, -0.25) is 4.79 Å². The van der Waals surface area contributed by atoms with Crippen LogP contribution < -0.4 is 10.6 Å². The first-order chi connectivity index (χ1) is 16.2. The van der Waals surface area contributed by atoms with Crippen LogP contribution in [0.1, 0.15) is 41.9 Å². The van der Waals surface area contributed by atoms with Gasteiger partial charge in [-0.1, -0.05) is 47.6 Å². The van der Waals surface area contributed by atoms with E-state index < -0.39 is 0 Å². The molecule has 0 unspecified atom stereocenters. The van der Waals surface area contributed by atoms with E-state index in [1.54, 1.807) is 18.3 Å². The molecule has 1 fully saturated rings. The quantitative estimate of drug-likeness (QED) is 0.413. The monoisotopic (exact) mass is 444 g/mol. The number of anilines is 1. The van der Waals surface area contributed by atoms with Crippen molar-refractivity contribution in [2.24, 2.45) is 0 Å². The molecular formula is C24H24N6O3. The average Bonchev–Trinajstić information content (AvgIpc) is 3.33. The number of amides is 1. The van der Waals surface area contributed by atoms with Gasteiger partial charge in [0.2, 0.25) is 17.7 Å². The average molecular weight is 444 g/mol. The zero-order valence-corrected chi connectivity index (χ0v) is 17.9. The molecule has 0 spiro atoms. The fraction of sp³-hybridized carbons (Fsp3) is 0.292. The molecule has 2 aromatic carbocycles. The maximum absolute atomic E-state index is 12.9. The van der Waals surface area contributed by atoms with Crippen LogP contribution in [0.4, 0.5) is 5.95 Å². The van der Waals surface area contributed by atoms with E-state index in [-0.39, 0.29) is 24.6 Å². The third-order valence-electron chi connectivity index (χ3n) is 5.79. The summed E-state index contributed by atoms with van der Waals surface area (Å²) < 4.78 is 5.27. The second-order valence-electron chi connectivity index (χ2n) is 8.15. The molecule has 1 saturated carbocycles. The normalized spacial score (nSPS) is 18.2. The maximum Gasteiger partial charge on any atom is 0.253 e. The van der Waals surface area contributed by atoms with E-state index in [1.165, 1.54) is 0 Å². The molecule has 0 radical (unpaired) electrons. The van der Waals surface area contributed by atoms with Gasteiger partial charge in [-0.2, -0.15) is 4.98 Å². The van der Waals surface area contributed by atoms with Crippen molar-refractivity contribution >= 4 is 22.8 Å². The van der Waals surface area contributed by atoms with Crippen molar-refractivity contribution in [2.75, 3.05) is 5.32 Å². The Labute approximate surface area is 190 Å². The molecule has 0 atom stereocenters. The van der Waals surface area contributed by atoms with Gasteiger partial charge in [0.15, 0.2) is 0 Å². The van der Waals surface area contributed by atoms with Gasteiger partial charge in [0.25, 0.3) is 5.91 Å². The number of para-hydroxylation sites is 1. The topological polar surface area (TPSA) is 126 Å². The molecule has 2 heterocycles. The molecular weight excluding hydrogens is 420 g/mol. The Morgan fingerprint density at radius 3 is 2.67 bits per heavy atom. The summed E-state index contributed by atoms with van der Waals surface area (Å²) in [6.45, 7) is 0.107. The van der Waals surface area contributed by atoms with Crippen LogP contribution >= 0.6 is 0 Å². The predicted molar refractivity (Wildman–Crippen MR) is 122 cm³/mol. The van der Waals surface area contributed by atoms with E-state index in [1.807, 2.05) is 36.4 Å². The summed E-state index contributed by atoms with van der Waals surface area (Å²) in [5.74, 6) is 0.988. The van der Waals surface area contributed by atoms with Gasteiger partial charge in [-0.05, 0) is 31.7 Å². The minimum absolute atomic E-state index is 0.107. The number of aliphatic hydroxyl groups excluding tert-OH is 1. The minimum atomic E-state index is -0.287. The van der Waals surface area contributed by atoms with E-state index in [0.717, 1.165) is 36.6 Å². The molecule has 0 bridgehead atoms. The van der Waals surface area contributed by atoms with Gasteiger partial charge < -0.3 is 20.3 Å². The van der Waals surface area contributed by atoms with E-state index in [2.05, 4.69) is 30.7 Å². The van der Waals surface area contributed by atoms with Crippen LogP contribution in [0.2, 0.25) is 0 Å². The molecule has 0 saturated heterocycles. The Bertz CT molecular complexity index is 1250. The molecule has 9 heteroatoms. The smallest absolute Gasteiger partial charge is 0.253 e. The first kappa shape index (κ1) is 21.0. The molecule has 1 aliphatic rings. The Morgan fingerprint density at radius 1 is 1.03 bits per heavy atom. The Balaban J connectivity index is 1.29. The summed E-state index contributed by atoms with van der Waals surface area (Å²) in [6, 6.07) is 15.1. The molecule has 168 valence electrons. The van der Waals surface area contributed by atoms with E-state index in [4.69, 9.17) is 4.52 Å². The first-order valence-corrected chi connectivity index (χ1v) is 11.0. The van der Waals surface area contributed by atoms with Crippen LogP contribution in [0, 0.1) is 0 Å². The Morgan fingerprint density at radius 2 is 1.85 bits per heavy atom. The van der Waals surface area contributed by atoms with Gasteiger partial charge in [0.05, 0.1) is 23.7 Å². The summed E-state index contributed by atoms with van der Waals surface area (Å²) >= 11 is 0. The number of carbonyl (C=O) groups excluding carboxylic acids is 1. The molecule has 4 aromatic rings. The lowest BCUT2D eigenvalue weighted by atomic mass is 9.93.